The van der Waals surface area contributed by atoms with Gasteiger partial charge in [0.25, 0.3) is 0 Å². The van der Waals surface area contributed by atoms with Crippen LogP contribution in [0, 0.1) is 0 Å². The minimum atomic E-state index is -0.450. The van der Waals surface area contributed by atoms with Gasteiger partial charge < -0.3 is 20.3 Å². The molecule has 5 heteroatoms. The van der Waals surface area contributed by atoms with Crippen molar-refractivity contribution in [3.05, 3.63) is 24.3 Å². The van der Waals surface area contributed by atoms with Crippen LogP contribution >= 0.6 is 0 Å². The van der Waals surface area contributed by atoms with Crippen molar-refractivity contribution in [3.8, 4) is 0 Å². The van der Waals surface area contributed by atoms with Gasteiger partial charge in [-0.15, -0.1) is 0 Å². The molecule has 0 aromatic heterocycles. The van der Waals surface area contributed by atoms with Crippen molar-refractivity contribution in [1.82, 2.24) is 4.90 Å². The Morgan fingerprint density at radius 2 is 1.86 bits per heavy atom. The Bertz CT molecular complexity index is 493. The molecular formula is C16H25N3O2. The van der Waals surface area contributed by atoms with Crippen LogP contribution in [0.25, 0.3) is 0 Å². The van der Waals surface area contributed by atoms with Crippen molar-refractivity contribution in [3.63, 3.8) is 0 Å². The maximum absolute atomic E-state index is 12.1. The van der Waals surface area contributed by atoms with Crippen LogP contribution in [0.1, 0.15) is 27.7 Å². The van der Waals surface area contributed by atoms with Gasteiger partial charge in [0.05, 0.1) is 0 Å². The molecule has 0 aliphatic carbocycles. The van der Waals surface area contributed by atoms with E-state index in [1.165, 1.54) is 0 Å². The van der Waals surface area contributed by atoms with Crippen LogP contribution in [0.15, 0.2) is 24.3 Å². The first-order chi connectivity index (χ1) is 9.76. The van der Waals surface area contributed by atoms with Crippen molar-refractivity contribution in [1.29, 1.82) is 0 Å². The number of carbonyl (C=O) groups excluding carboxylic acids is 1. The zero-order valence-electron chi connectivity index (χ0n) is 13.3. The van der Waals surface area contributed by atoms with Crippen LogP contribution in [0.2, 0.25) is 0 Å². The van der Waals surface area contributed by atoms with E-state index in [-0.39, 0.29) is 12.1 Å². The molecule has 2 rings (SSSR count). The molecule has 116 valence electrons. The lowest BCUT2D eigenvalue weighted by Gasteiger charge is -2.41. The van der Waals surface area contributed by atoms with Crippen molar-refractivity contribution in [2.24, 2.45) is 0 Å². The van der Waals surface area contributed by atoms with Gasteiger partial charge in [-0.3, -0.25) is 0 Å². The second-order valence-electron chi connectivity index (χ2n) is 6.56. The molecule has 21 heavy (non-hydrogen) atoms. The summed E-state index contributed by atoms with van der Waals surface area (Å²) in [6.45, 7) is 9.91. The predicted octanol–water partition coefficient (Wildman–Crippen LogP) is 2.71. The molecule has 1 aromatic carbocycles. The zero-order valence-corrected chi connectivity index (χ0v) is 13.3. The summed E-state index contributed by atoms with van der Waals surface area (Å²) in [5, 5.41) is 0. The van der Waals surface area contributed by atoms with Gasteiger partial charge in [-0.2, -0.15) is 0 Å². The maximum atomic E-state index is 12.1. The van der Waals surface area contributed by atoms with Crippen LogP contribution in [0.3, 0.4) is 0 Å². The normalized spacial score (nSPS) is 19.5. The van der Waals surface area contributed by atoms with Gasteiger partial charge in [-0.1, -0.05) is 0 Å². The number of carbonyl (C=O) groups is 1. The van der Waals surface area contributed by atoms with E-state index in [1.807, 2.05) is 45.0 Å². The summed E-state index contributed by atoms with van der Waals surface area (Å²) in [6, 6.07) is 8.10. The van der Waals surface area contributed by atoms with Crippen molar-refractivity contribution < 1.29 is 9.53 Å². The molecule has 1 atom stereocenters. The second-order valence-corrected chi connectivity index (χ2v) is 6.56. The standard InChI is InChI=1S/C16H25N3O2/c1-12-11-18(15(20)21-16(2,3)4)9-10-19(12)14-7-5-13(17)6-8-14/h5-8,12H,9-11,17H2,1-4H3/t12-/m0/s1. The third-order valence-corrected chi connectivity index (χ3v) is 3.50. The zero-order chi connectivity index (χ0) is 15.6. The number of hydrogen-bond donors (Lipinski definition) is 1. The lowest BCUT2D eigenvalue weighted by atomic mass is 10.1. The average molecular weight is 291 g/mol. The molecule has 1 saturated heterocycles. The molecule has 1 aliphatic rings. The Morgan fingerprint density at radius 1 is 1.24 bits per heavy atom. The molecule has 0 unspecified atom stereocenters. The van der Waals surface area contributed by atoms with Crippen LogP contribution < -0.4 is 10.6 Å². The van der Waals surface area contributed by atoms with Gasteiger partial charge in [0, 0.05) is 37.1 Å². The summed E-state index contributed by atoms with van der Waals surface area (Å²) in [5.74, 6) is 0. The SMILES string of the molecule is C[C@H]1CN(C(=O)OC(C)(C)C)CCN1c1ccc(N)cc1. The number of nitrogen functional groups attached to an aromatic ring is 1. The van der Waals surface area contributed by atoms with Crippen molar-refractivity contribution >= 4 is 17.5 Å². The van der Waals surface area contributed by atoms with E-state index in [0.717, 1.165) is 17.9 Å². The highest BCUT2D eigenvalue weighted by molar-refractivity contribution is 5.69. The number of benzene rings is 1. The number of anilines is 2. The molecule has 5 nitrogen and oxygen atoms in total. The molecule has 1 heterocycles. The van der Waals surface area contributed by atoms with Gasteiger partial charge in [-0.25, -0.2) is 4.79 Å². The second kappa shape index (κ2) is 5.84. The first-order valence-corrected chi connectivity index (χ1v) is 7.36. The summed E-state index contributed by atoms with van der Waals surface area (Å²) in [7, 11) is 0. The quantitative estimate of drug-likeness (QED) is 0.808. The number of amides is 1. The molecule has 0 bridgehead atoms. The third-order valence-electron chi connectivity index (χ3n) is 3.50. The number of hydrogen-bond acceptors (Lipinski definition) is 4. The molecular weight excluding hydrogens is 266 g/mol. The Morgan fingerprint density at radius 3 is 2.38 bits per heavy atom. The van der Waals surface area contributed by atoms with Crippen molar-refractivity contribution in [2.75, 3.05) is 30.3 Å². The highest BCUT2D eigenvalue weighted by atomic mass is 16.6. The third kappa shape index (κ3) is 4.03. The fraction of sp³-hybridized carbons (Fsp3) is 0.562. The van der Waals surface area contributed by atoms with E-state index in [1.54, 1.807) is 4.90 Å². The number of nitrogens with zero attached hydrogens (tertiary/aromatic N) is 2. The molecule has 1 amide bonds. The van der Waals surface area contributed by atoms with E-state index < -0.39 is 5.60 Å². The van der Waals surface area contributed by atoms with Gasteiger partial charge in [0.1, 0.15) is 5.60 Å². The van der Waals surface area contributed by atoms with E-state index in [2.05, 4.69) is 11.8 Å². The van der Waals surface area contributed by atoms with E-state index in [4.69, 9.17) is 10.5 Å². The van der Waals surface area contributed by atoms with Crippen molar-refractivity contribution in [2.45, 2.75) is 39.3 Å². The largest absolute Gasteiger partial charge is 0.444 e. The first kappa shape index (κ1) is 15.5. The molecule has 1 fully saturated rings. The number of piperazine rings is 1. The van der Waals surface area contributed by atoms with E-state index in [0.29, 0.717) is 13.1 Å². The van der Waals surface area contributed by atoms with E-state index in [9.17, 15) is 4.79 Å². The Hall–Kier alpha value is -1.91. The molecule has 0 radical (unpaired) electrons. The molecule has 2 N–H and O–H groups in total. The van der Waals surface area contributed by atoms with Crippen LogP contribution in [-0.4, -0.2) is 42.3 Å². The summed E-state index contributed by atoms with van der Waals surface area (Å²) in [5.41, 5.74) is 7.18. The fourth-order valence-electron chi connectivity index (χ4n) is 2.50. The maximum Gasteiger partial charge on any atom is 0.410 e. The molecule has 1 aromatic rings. The highest BCUT2D eigenvalue weighted by Crippen LogP contribution is 2.22. The molecule has 0 saturated carbocycles. The fourth-order valence-corrected chi connectivity index (χ4v) is 2.50. The number of ether oxygens (including phenoxy) is 1. The Balaban J connectivity index is 1.99. The van der Waals surface area contributed by atoms with Crippen LogP contribution in [-0.2, 0) is 4.74 Å². The van der Waals surface area contributed by atoms with Crippen LogP contribution in [0.5, 0.6) is 0 Å². The number of nitrogens with two attached hydrogens (primary N) is 1. The monoisotopic (exact) mass is 291 g/mol. The number of rotatable bonds is 1. The first-order valence-electron chi connectivity index (χ1n) is 7.36. The average Bonchev–Trinajstić information content (AvgIpc) is 2.38. The Kier molecular flexibility index (Phi) is 4.30. The summed E-state index contributed by atoms with van der Waals surface area (Å²) in [4.78, 5) is 16.2. The summed E-state index contributed by atoms with van der Waals surface area (Å²) >= 11 is 0. The predicted molar refractivity (Wildman–Crippen MR) is 85.5 cm³/mol. The van der Waals surface area contributed by atoms with Gasteiger partial charge in [0.15, 0.2) is 0 Å². The highest BCUT2D eigenvalue weighted by Gasteiger charge is 2.29. The lowest BCUT2D eigenvalue weighted by Crippen LogP contribution is -2.54. The lowest BCUT2D eigenvalue weighted by molar-refractivity contribution is 0.0219. The van der Waals surface area contributed by atoms with Crippen LogP contribution in [0.4, 0.5) is 16.2 Å². The smallest absolute Gasteiger partial charge is 0.410 e. The van der Waals surface area contributed by atoms with E-state index >= 15 is 0 Å². The summed E-state index contributed by atoms with van der Waals surface area (Å²) < 4.78 is 5.43. The van der Waals surface area contributed by atoms with Gasteiger partial charge in [0.2, 0.25) is 0 Å². The van der Waals surface area contributed by atoms with Gasteiger partial charge in [-0.05, 0) is 52.0 Å². The Labute approximate surface area is 126 Å². The van der Waals surface area contributed by atoms with Gasteiger partial charge >= 0.3 is 6.09 Å². The molecule has 1 aliphatic heterocycles. The summed E-state index contributed by atoms with van der Waals surface area (Å²) in [6.07, 6.45) is -0.230. The minimum absolute atomic E-state index is 0.230. The topological polar surface area (TPSA) is 58.8 Å². The minimum Gasteiger partial charge on any atom is -0.444 e. The molecule has 0 spiro atoms.